The van der Waals surface area contributed by atoms with E-state index < -0.39 is 0 Å². The van der Waals surface area contributed by atoms with Gasteiger partial charge in [0, 0.05) is 9.58 Å². The number of rotatable bonds is 2. The standard InChI is InChI=1S/C16H14OS/c1-11-6-7-12(10-17)8-14(11)16-9-13-4-2-3-5-15(13)18-16/h2-9,17H,10H2,1H3. The van der Waals surface area contributed by atoms with E-state index in [9.17, 15) is 5.11 Å². The highest BCUT2D eigenvalue weighted by Gasteiger charge is 2.07. The predicted octanol–water partition coefficient (Wildman–Crippen LogP) is 4.37. The Bertz CT molecular complexity index is 664. The van der Waals surface area contributed by atoms with Crippen LogP contribution in [0.2, 0.25) is 0 Å². The van der Waals surface area contributed by atoms with Crippen molar-refractivity contribution in [3.8, 4) is 10.4 Å². The molecule has 0 aliphatic heterocycles. The van der Waals surface area contributed by atoms with E-state index in [0.717, 1.165) is 5.56 Å². The number of benzene rings is 2. The Labute approximate surface area is 110 Å². The van der Waals surface area contributed by atoms with Crippen LogP contribution in [-0.2, 0) is 6.61 Å². The molecule has 0 radical (unpaired) electrons. The van der Waals surface area contributed by atoms with Crippen molar-refractivity contribution in [3.63, 3.8) is 0 Å². The third kappa shape index (κ3) is 1.94. The van der Waals surface area contributed by atoms with Crippen molar-refractivity contribution >= 4 is 21.4 Å². The minimum atomic E-state index is 0.0954. The molecule has 1 N–H and O–H groups in total. The lowest BCUT2D eigenvalue weighted by Gasteiger charge is -2.05. The molecule has 0 unspecified atom stereocenters. The largest absolute Gasteiger partial charge is 0.392 e. The fourth-order valence-electron chi connectivity index (χ4n) is 2.15. The van der Waals surface area contributed by atoms with E-state index in [1.807, 2.05) is 6.07 Å². The first-order valence-electron chi connectivity index (χ1n) is 5.97. The van der Waals surface area contributed by atoms with Crippen LogP contribution in [0.15, 0.2) is 48.5 Å². The van der Waals surface area contributed by atoms with Gasteiger partial charge < -0.3 is 5.11 Å². The summed E-state index contributed by atoms with van der Waals surface area (Å²) in [6, 6.07) is 16.8. The maximum absolute atomic E-state index is 9.24. The molecule has 3 rings (SSSR count). The Hall–Kier alpha value is -1.64. The number of aliphatic hydroxyl groups excluding tert-OH is 1. The van der Waals surface area contributed by atoms with E-state index in [2.05, 4.69) is 49.4 Å². The van der Waals surface area contributed by atoms with Crippen molar-refractivity contribution in [2.75, 3.05) is 0 Å². The maximum Gasteiger partial charge on any atom is 0.0682 e. The first kappa shape index (κ1) is 11.5. The number of thiophene rings is 1. The van der Waals surface area contributed by atoms with Gasteiger partial charge in [-0.3, -0.25) is 0 Å². The van der Waals surface area contributed by atoms with Crippen molar-refractivity contribution in [1.82, 2.24) is 0 Å². The molecule has 2 heteroatoms. The summed E-state index contributed by atoms with van der Waals surface area (Å²) in [5, 5.41) is 10.5. The van der Waals surface area contributed by atoms with Gasteiger partial charge in [-0.05, 0) is 47.2 Å². The molecule has 0 aliphatic rings. The molecular weight excluding hydrogens is 240 g/mol. The van der Waals surface area contributed by atoms with Gasteiger partial charge in [0.15, 0.2) is 0 Å². The predicted molar refractivity (Wildman–Crippen MR) is 77.9 cm³/mol. The van der Waals surface area contributed by atoms with E-state index in [1.165, 1.54) is 26.1 Å². The van der Waals surface area contributed by atoms with Crippen molar-refractivity contribution in [1.29, 1.82) is 0 Å². The highest BCUT2D eigenvalue weighted by Crippen LogP contribution is 2.35. The zero-order chi connectivity index (χ0) is 12.5. The van der Waals surface area contributed by atoms with Gasteiger partial charge in [-0.25, -0.2) is 0 Å². The second-order valence-electron chi connectivity index (χ2n) is 4.46. The average molecular weight is 254 g/mol. The number of hydrogen-bond donors (Lipinski definition) is 1. The fourth-order valence-corrected chi connectivity index (χ4v) is 3.29. The summed E-state index contributed by atoms with van der Waals surface area (Å²) in [5.74, 6) is 0. The van der Waals surface area contributed by atoms with Gasteiger partial charge in [0.1, 0.15) is 0 Å². The minimum absolute atomic E-state index is 0.0954. The van der Waals surface area contributed by atoms with Crippen LogP contribution in [0.1, 0.15) is 11.1 Å². The molecule has 0 atom stereocenters. The summed E-state index contributed by atoms with van der Waals surface area (Å²) in [4.78, 5) is 1.27. The van der Waals surface area contributed by atoms with E-state index in [-0.39, 0.29) is 6.61 Å². The normalized spacial score (nSPS) is 11.0. The minimum Gasteiger partial charge on any atom is -0.392 e. The second kappa shape index (κ2) is 4.56. The van der Waals surface area contributed by atoms with Crippen molar-refractivity contribution in [3.05, 3.63) is 59.7 Å². The van der Waals surface area contributed by atoms with Gasteiger partial charge in [0.25, 0.3) is 0 Å². The van der Waals surface area contributed by atoms with Gasteiger partial charge in [0.05, 0.1) is 6.61 Å². The lowest BCUT2D eigenvalue weighted by atomic mass is 10.0. The van der Waals surface area contributed by atoms with Crippen LogP contribution in [-0.4, -0.2) is 5.11 Å². The Balaban J connectivity index is 2.19. The second-order valence-corrected chi connectivity index (χ2v) is 5.54. The summed E-state index contributed by atoms with van der Waals surface area (Å²) >= 11 is 1.80. The highest BCUT2D eigenvalue weighted by molar-refractivity contribution is 7.22. The van der Waals surface area contributed by atoms with Crippen LogP contribution in [0.5, 0.6) is 0 Å². The molecule has 2 aromatic carbocycles. The van der Waals surface area contributed by atoms with Crippen molar-refractivity contribution in [2.24, 2.45) is 0 Å². The summed E-state index contributed by atoms with van der Waals surface area (Å²) in [5.41, 5.74) is 3.44. The molecule has 3 aromatic rings. The quantitative estimate of drug-likeness (QED) is 0.720. The zero-order valence-electron chi connectivity index (χ0n) is 10.2. The van der Waals surface area contributed by atoms with Crippen LogP contribution in [0.3, 0.4) is 0 Å². The van der Waals surface area contributed by atoms with Gasteiger partial charge >= 0.3 is 0 Å². The number of hydrogen-bond acceptors (Lipinski definition) is 2. The molecule has 0 saturated carbocycles. The SMILES string of the molecule is Cc1ccc(CO)cc1-c1cc2ccccc2s1. The smallest absolute Gasteiger partial charge is 0.0682 e. The van der Waals surface area contributed by atoms with E-state index in [4.69, 9.17) is 0 Å². The number of fused-ring (bicyclic) bond motifs is 1. The molecule has 0 spiro atoms. The van der Waals surface area contributed by atoms with E-state index >= 15 is 0 Å². The lowest BCUT2D eigenvalue weighted by Crippen LogP contribution is -1.86. The summed E-state index contributed by atoms with van der Waals surface area (Å²) in [7, 11) is 0. The Kier molecular flexibility index (Phi) is 2.90. The third-order valence-electron chi connectivity index (χ3n) is 3.18. The van der Waals surface area contributed by atoms with Crippen molar-refractivity contribution in [2.45, 2.75) is 13.5 Å². The Morgan fingerprint density at radius 1 is 1.06 bits per heavy atom. The molecule has 0 saturated heterocycles. The van der Waals surface area contributed by atoms with Crippen LogP contribution in [0.25, 0.3) is 20.5 Å². The summed E-state index contributed by atoms with van der Waals surface area (Å²) in [6.07, 6.45) is 0. The lowest BCUT2D eigenvalue weighted by molar-refractivity contribution is 0.282. The Morgan fingerprint density at radius 2 is 1.89 bits per heavy atom. The summed E-state index contributed by atoms with van der Waals surface area (Å²) in [6.45, 7) is 2.21. The molecule has 0 bridgehead atoms. The van der Waals surface area contributed by atoms with Crippen LogP contribution < -0.4 is 0 Å². The molecule has 90 valence electrons. The van der Waals surface area contributed by atoms with Gasteiger partial charge in [-0.15, -0.1) is 11.3 Å². The maximum atomic E-state index is 9.24. The third-order valence-corrected chi connectivity index (χ3v) is 4.32. The number of aliphatic hydroxyl groups is 1. The molecule has 1 aromatic heterocycles. The van der Waals surface area contributed by atoms with Gasteiger partial charge in [-0.1, -0.05) is 30.3 Å². The highest BCUT2D eigenvalue weighted by atomic mass is 32.1. The molecular formula is C16H14OS. The first-order valence-corrected chi connectivity index (χ1v) is 6.79. The first-order chi connectivity index (χ1) is 8.78. The van der Waals surface area contributed by atoms with Crippen LogP contribution >= 0.6 is 11.3 Å². The zero-order valence-corrected chi connectivity index (χ0v) is 11.0. The van der Waals surface area contributed by atoms with E-state index in [0.29, 0.717) is 0 Å². The number of aryl methyl sites for hydroxylation is 1. The van der Waals surface area contributed by atoms with Gasteiger partial charge in [-0.2, -0.15) is 0 Å². The van der Waals surface area contributed by atoms with Crippen molar-refractivity contribution < 1.29 is 5.11 Å². The fraction of sp³-hybridized carbons (Fsp3) is 0.125. The monoisotopic (exact) mass is 254 g/mol. The van der Waals surface area contributed by atoms with Crippen LogP contribution in [0.4, 0.5) is 0 Å². The Morgan fingerprint density at radius 3 is 2.67 bits per heavy atom. The molecule has 18 heavy (non-hydrogen) atoms. The molecule has 1 heterocycles. The average Bonchev–Trinajstić information content (AvgIpc) is 2.82. The summed E-state index contributed by atoms with van der Waals surface area (Å²) < 4.78 is 1.31. The topological polar surface area (TPSA) is 20.2 Å². The molecule has 0 aliphatic carbocycles. The molecule has 0 fully saturated rings. The molecule has 1 nitrogen and oxygen atoms in total. The molecule has 0 amide bonds. The van der Waals surface area contributed by atoms with Gasteiger partial charge in [0.2, 0.25) is 0 Å². The van der Waals surface area contributed by atoms with Crippen LogP contribution in [0, 0.1) is 6.92 Å². The van der Waals surface area contributed by atoms with E-state index in [1.54, 1.807) is 11.3 Å².